The highest BCUT2D eigenvalue weighted by Crippen LogP contribution is 2.41. The molecule has 21 heteroatoms. The van der Waals surface area contributed by atoms with E-state index in [9.17, 15) is 39.3 Å². The largest absolute Gasteiger partial charge is 0.611 e. The highest BCUT2D eigenvalue weighted by Gasteiger charge is 2.53. The zero-order valence-electron chi connectivity index (χ0n) is 48.3. The first-order chi connectivity index (χ1) is 36.2. The van der Waals surface area contributed by atoms with E-state index in [-0.39, 0.29) is 30.4 Å². The summed E-state index contributed by atoms with van der Waals surface area (Å²) in [6, 6.07) is 5.65. The van der Waals surface area contributed by atoms with Crippen molar-refractivity contribution in [1.29, 1.82) is 0 Å². The number of cyclic esters (lactones) is 1. The Labute approximate surface area is 460 Å². The lowest BCUT2D eigenvalue weighted by Gasteiger charge is -2.49. The molecule has 21 atom stereocenters. The number of ether oxygens (including phenoxy) is 7. The Morgan fingerprint density at radius 2 is 1.64 bits per heavy atom. The van der Waals surface area contributed by atoms with E-state index in [0.29, 0.717) is 25.9 Å². The second-order valence-corrected chi connectivity index (χ2v) is 25.6. The molecule has 1 aromatic rings. The predicted octanol–water partition coefficient (Wildman–Crippen LogP) is 4.60. The van der Waals surface area contributed by atoms with Crippen LogP contribution in [0.25, 0.3) is 0 Å². The van der Waals surface area contributed by atoms with Gasteiger partial charge in [0.15, 0.2) is 17.5 Å². The van der Waals surface area contributed by atoms with Crippen molar-refractivity contribution in [2.24, 2.45) is 17.8 Å². The van der Waals surface area contributed by atoms with E-state index in [2.05, 4.69) is 11.0 Å². The molecule has 1 unspecified atom stereocenters. The Kier molecular flexibility index (Phi) is 22.6. The van der Waals surface area contributed by atoms with Gasteiger partial charge in [0.2, 0.25) is 0 Å². The van der Waals surface area contributed by atoms with Gasteiger partial charge >= 0.3 is 5.97 Å². The van der Waals surface area contributed by atoms with Crippen LogP contribution in [0.3, 0.4) is 0 Å². The minimum atomic E-state index is -1.85. The molecule has 0 bridgehead atoms. The fourth-order valence-electron chi connectivity index (χ4n) is 12.7. The molecule has 0 radical (unpaired) electrons. The zero-order chi connectivity index (χ0) is 56.9. The summed E-state index contributed by atoms with van der Waals surface area (Å²) in [7, 11) is 6.78. The monoisotopic (exact) mass is 1110 g/mol. The normalized spacial score (nSPS) is 40.8. The third-order valence-electron chi connectivity index (χ3n) is 17.6. The maximum Gasteiger partial charge on any atom is 0.311 e. The minimum Gasteiger partial charge on any atom is -0.611 e. The van der Waals surface area contributed by atoms with Crippen LogP contribution in [-0.2, 0) is 49.1 Å². The van der Waals surface area contributed by atoms with Crippen LogP contribution in [0.5, 0.6) is 0 Å². The summed E-state index contributed by atoms with van der Waals surface area (Å²) < 4.78 is 72.4. The van der Waals surface area contributed by atoms with Gasteiger partial charge in [0.1, 0.15) is 54.1 Å². The molecule has 77 heavy (non-hydrogen) atoms. The van der Waals surface area contributed by atoms with E-state index in [4.69, 9.17) is 33.2 Å². The molecule has 0 spiro atoms. The summed E-state index contributed by atoms with van der Waals surface area (Å²) in [5.74, 6) is -2.87. The molecule has 19 nitrogen and oxygen atoms in total. The van der Waals surface area contributed by atoms with Crippen molar-refractivity contribution in [2.45, 2.75) is 240 Å². The molecule has 1 aliphatic carbocycles. The van der Waals surface area contributed by atoms with Crippen LogP contribution in [0, 0.1) is 17.8 Å². The van der Waals surface area contributed by atoms with Gasteiger partial charge in [0, 0.05) is 70.0 Å². The number of hydrogen-bond donors (Lipinski definition) is 7. The van der Waals surface area contributed by atoms with Gasteiger partial charge in [-0.3, -0.25) is 9.80 Å². The van der Waals surface area contributed by atoms with Crippen molar-refractivity contribution in [3.05, 3.63) is 41.7 Å². The molecule has 1 aromatic carbocycles. The van der Waals surface area contributed by atoms with E-state index in [1.807, 2.05) is 68.2 Å². The Morgan fingerprint density at radius 3 is 2.25 bits per heavy atom. The lowest BCUT2D eigenvalue weighted by atomic mass is 9.77. The molecule has 4 fully saturated rings. The maximum atomic E-state index is 15.0. The molecular weight excluding hydrogens is 1020 g/mol. The third-order valence-corrected chi connectivity index (χ3v) is 19.5. The summed E-state index contributed by atoms with van der Waals surface area (Å²) in [6.07, 6.45) is -3.64. The van der Waals surface area contributed by atoms with Crippen LogP contribution in [0.2, 0.25) is 0 Å². The average molecular weight is 1110 g/mol. The molecule has 3 saturated heterocycles. The van der Waals surface area contributed by atoms with Crippen LogP contribution in [0.4, 0.5) is 4.39 Å². The molecule has 5 aliphatic rings. The predicted molar refractivity (Wildman–Crippen MR) is 289 cm³/mol. The molecule has 6 rings (SSSR count). The van der Waals surface area contributed by atoms with Crippen LogP contribution in [0.1, 0.15) is 139 Å². The number of aliphatic hydroxyl groups is 5. The van der Waals surface area contributed by atoms with E-state index in [1.165, 1.54) is 14.0 Å². The van der Waals surface area contributed by atoms with Crippen molar-refractivity contribution in [2.75, 3.05) is 48.1 Å². The lowest BCUT2D eigenvalue weighted by Crippen LogP contribution is -2.61. The number of benzene rings is 1. The third kappa shape index (κ3) is 14.9. The SMILES string of the molecule is CC[C@H]1OC(=O)[C@H](C)[C@@H](O[C@H]2C[C@@](C)(OC)[C@@H](O)[C@H](C)O2)[C@H](C)[C@@H](O[C@@H]2O[C@H](C)C[C@H](N(C)CCC3=CN([C@H](CF)[C@H](OC)c4ccc([S+]([O-])C5CCCC5)cc4)NN3)[C@H]2O)[C@](C)(O)C[C@@H](C)CN(C)[C@H](C)[C@@H](O)[C@]1(C)O. The molecule has 442 valence electrons. The molecule has 0 aromatic heterocycles. The first-order valence-electron chi connectivity index (χ1n) is 28.1. The van der Waals surface area contributed by atoms with Gasteiger partial charge in [-0.05, 0) is 142 Å². The van der Waals surface area contributed by atoms with Crippen molar-refractivity contribution < 1.29 is 72.4 Å². The first-order valence-corrected chi connectivity index (χ1v) is 29.3. The number of hydrazine groups is 2. The van der Waals surface area contributed by atoms with Gasteiger partial charge < -0.3 is 78.5 Å². The van der Waals surface area contributed by atoms with E-state index < -0.39 is 138 Å². The number of carbonyl (C=O) groups excluding carboxylic acids is 1. The molecular formula is C56H96FN5O14S. The topological polar surface area (TPSA) is 240 Å². The molecule has 0 amide bonds. The van der Waals surface area contributed by atoms with Crippen LogP contribution >= 0.6 is 0 Å². The Morgan fingerprint density at radius 1 is 0.974 bits per heavy atom. The van der Waals surface area contributed by atoms with E-state index >= 15 is 0 Å². The summed E-state index contributed by atoms with van der Waals surface area (Å²) in [5, 5.41) is 61.8. The van der Waals surface area contributed by atoms with Crippen molar-refractivity contribution >= 4 is 17.1 Å². The van der Waals surface area contributed by atoms with E-state index in [0.717, 1.165) is 41.8 Å². The number of rotatable bonds is 17. The Hall–Kier alpha value is -2.29. The fraction of sp³-hybridized carbons (Fsp3) is 0.839. The maximum absolute atomic E-state index is 15.0. The highest BCUT2D eigenvalue weighted by atomic mass is 32.2. The Balaban J connectivity index is 1.23. The number of hydrogen-bond acceptors (Lipinski definition) is 19. The quantitative estimate of drug-likeness (QED) is 0.0833. The van der Waals surface area contributed by atoms with Crippen LogP contribution in [0.15, 0.2) is 41.1 Å². The van der Waals surface area contributed by atoms with Crippen molar-refractivity contribution in [1.82, 2.24) is 25.8 Å². The van der Waals surface area contributed by atoms with Crippen molar-refractivity contribution in [3.63, 3.8) is 0 Å². The molecule has 7 N–H and O–H groups in total. The Bertz CT molecular complexity index is 2040. The number of nitrogens with one attached hydrogen (secondary N) is 2. The van der Waals surface area contributed by atoms with Crippen molar-refractivity contribution in [3.8, 4) is 0 Å². The number of halogens is 1. The summed E-state index contributed by atoms with van der Waals surface area (Å²) >= 11 is -1.09. The zero-order valence-corrected chi connectivity index (χ0v) is 49.1. The number of alkyl halides is 1. The smallest absolute Gasteiger partial charge is 0.311 e. The minimum absolute atomic E-state index is 0.0852. The summed E-state index contributed by atoms with van der Waals surface area (Å²) in [6.45, 7) is 17.6. The first kappa shape index (κ1) is 63.9. The van der Waals surface area contributed by atoms with Gasteiger partial charge in [-0.25, -0.2) is 4.39 Å². The van der Waals surface area contributed by atoms with Gasteiger partial charge in [-0.1, -0.05) is 32.9 Å². The standard InChI is InChI=1S/C56H96FN5O14S/c1-15-44-56(10,68)49(64)36(6)61(12)30-32(2)27-54(8,67)51(34(4)47(35(5)52(66)74-44)75-45-28-55(9,71-14)50(65)37(7)73-45)76-53-46(63)42(26-33(3)72-53)60(11)25-24-39-31-62(59-58-39)43(29-57)48(70-13)38-20-22-41(23-21-38)77(69)40-18-16-17-19-40/h20-23,31-37,40,42-51,53,58-59,63-65,67-68H,15-19,24-30H2,1-14H3/t32-,33-,34+,35-,36-,37+,42+,43-,44-,45+,46-,47+,48-,49-,50+,51-,53+,54-,55-,56-,77?/m1/s1. The lowest BCUT2D eigenvalue weighted by molar-refractivity contribution is -0.318. The average Bonchev–Trinajstić information content (AvgIpc) is 4.12. The second kappa shape index (κ2) is 27.2. The number of nitrogens with zero attached hydrogens (tertiary/aromatic N) is 3. The van der Waals surface area contributed by atoms with Gasteiger partial charge in [-0.2, -0.15) is 0 Å². The van der Waals surface area contributed by atoms with Gasteiger partial charge in [-0.15, -0.1) is 5.53 Å². The van der Waals surface area contributed by atoms with Gasteiger partial charge in [0.25, 0.3) is 0 Å². The van der Waals surface area contributed by atoms with Crippen LogP contribution in [-0.4, -0.2) is 201 Å². The fourth-order valence-corrected chi connectivity index (χ4v) is 14.3. The number of aliphatic hydroxyl groups excluding tert-OH is 3. The van der Waals surface area contributed by atoms with E-state index in [1.54, 1.807) is 60.6 Å². The number of methoxy groups -OCH3 is 2. The molecule has 4 aliphatic heterocycles. The number of likely N-dealkylation sites (N-methyl/N-ethyl adjacent to an activating group) is 2. The number of esters is 1. The summed E-state index contributed by atoms with van der Waals surface area (Å²) in [4.78, 5) is 19.2. The summed E-state index contributed by atoms with van der Waals surface area (Å²) in [5.41, 5.74) is 3.23. The highest BCUT2D eigenvalue weighted by molar-refractivity contribution is 7.92. The van der Waals surface area contributed by atoms with Crippen LogP contribution < -0.4 is 11.0 Å². The molecule has 1 saturated carbocycles. The van der Waals surface area contributed by atoms with Gasteiger partial charge in [0.05, 0.1) is 41.5 Å². The number of carbonyl (C=O) groups is 1. The molecule has 4 heterocycles. The second-order valence-electron chi connectivity index (χ2n) is 23.9.